The Labute approximate surface area is 109 Å². The first-order valence-electron chi connectivity index (χ1n) is 5.38. The Morgan fingerprint density at radius 2 is 2.26 bits per heavy atom. The number of benzene rings is 1. The molecule has 0 aliphatic rings. The molecule has 19 heavy (non-hydrogen) atoms. The van der Waals surface area contributed by atoms with Gasteiger partial charge in [0.25, 0.3) is 0 Å². The highest BCUT2D eigenvalue weighted by molar-refractivity contribution is 5.86. The first kappa shape index (κ1) is 12.8. The molecule has 5 nitrogen and oxygen atoms in total. The zero-order valence-electron chi connectivity index (χ0n) is 10.3. The largest absolute Gasteiger partial charge is 0.463 e. The van der Waals surface area contributed by atoms with Crippen LogP contribution >= 0.6 is 0 Å². The van der Waals surface area contributed by atoms with Gasteiger partial charge in [-0.2, -0.15) is 0 Å². The Balaban J connectivity index is 2.59. The number of carbonyl (C=O) groups excluding carboxylic acids is 1. The molecule has 0 radical (unpaired) electrons. The van der Waals surface area contributed by atoms with E-state index >= 15 is 0 Å². The lowest BCUT2D eigenvalue weighted by Crippen LogP contribution is -2.10. The maximum Gasteiger partial charge on any atom is 0.374 e. The highest BCUT2D eigenvalue weighted by Gasteiger charge is 2.17. The summed E-state index contributed by atoms with van der Waals surface area (Å²) in [6.45, 7) is 8.62. The maximum atomic E-state index is 13.3. The quantitative estimate of drug-likeness (QED) is 0.615. The second kappa shape index (κ2) is 4.90. The van der Waals surface area contributed by atoms with Crippen LogP contribution in [0.1, 0.15) is 16.3 Å². The molecule has 0 amide bonds. The summed E-state index contributed by atoms with van der Waals surface area (Å²) in [6.07, 6.45) is 1.62. The van der Waals surface area contributed by atoms with Crippen molar-refractivity contribution in [2.45, 2.75) is 6.92 Å². The van der Waals surface area contributed by atoms with E-state index in [1.54, 1.807) is 13.1 Å². The van der Waals surface area contributed by atoms with Crippen molar-refractivity contribution in [2.24, 2.45) is 0 Å². The predicted molar refractivity (Wildman–Crippen MR) is 65.9 cm³/mol. The normalized spacial score (nSPS) is 10.0. The molecule has 0 saturated heterocycles. The van der Waals surface area contributed by atoms with Crippen molar-refractivity contribution in [3.8, 4) is 5.69 Å². The molecule has 0 aliphatic heterocycles. The van der Waals surface area contributed by atoms with Crippen LogP contribution in [0.25, 0.3) is 10.5 Å². The monoisotopic (exact) mass is 259 g/mol. The van der Waals surface area contributed by atoms with Crippen molar-refractivity contribution < 1.29 is 13.9 Å². The third-order valence-corrected chi connectivity index (χ3v) is 2.52. The van der Waals surface area contributed by atoms with Crippen molar-refractivity contribution >= 4 is 11.7 Å². The van der Waals surface area contributed by atoms with Gasteiger partial charge < -0.3 is 4.74 Å². The molecule has 0 saturated carbocycles. The second-order valence-corrected chi connectivity index (χ2v) is 3.81. The molecule has 0 aliphatic carbocycles. The van der Waals surface area contributed by atoms with E-state index in [2.05, 4.69) is 14.6 Å². The van der Waals surface area contributed by atoms with E-state index < -0.39 is 11.8 Å². The van der Waals surface area contributed by atoms with Gasteiger partial charge in [0.1, 0.15) is 5.82 Å². The van der Waals surface area contributed by atoms with E-state index in [9.17, 15) is 9.18 Å². The molecule has 6 heteroatoms. The molecule has 0 N–H and O–H groups in total. The smallest absolute Gasteiger partial charge is 0.374 e. The number of hydrogen-bond donors (Lipinski definition) is 0. The Morgan fingerprint density at radius 3 is 2.89 bits per heavy atom. The zero-order valence-corrected chi connectivity index (χ0v) is 10.3. The van der Waals surface area contributed by atoms with Crippen LogP contribution in [-0.2, 0) is 4.74 Å². The fourth-order valence-corrected chi connectivity index (χ4v) is 1.67. The summed E-state index contributed by atoms with van der Waals surface area (Å²) in [6, 6.07) is 4.01. The number of nitrogens with zero attached hydrogens (tertiary/aromatic N) is 3. The van der Waals surface area contributed by atoms with E-state index in [0.29, 0.717) is 11.4 Å². The summed E-state index contributed by atoms with van der Waals surface area (Å²) >= 11 is 0. The lowest BCUT2D eigenvalue weighted by Gasteiger charge is -2.07. The first-order chi connectivity index (χ1) is 9.06. The molecule has 1 aromatic heterocycles. The Hall–Kier alpha value is -2.68. The predicted octanol–water partition coefficient (Wildman–Crippen LogP) is 2.66. The van der Waals surface area contributed by atoms with Crippen molar-refractivity contribution in [3.05, 3.63) is 53.1 Å². The number of methoxy groups -OCH3 is 1. The maximum absolute atomic E-state index is 13.3. The fraction of sp³-hybridized carbons (Fsp3) is 0.154. The van der Waals surface area contributed by atoms with Crippen LogP contribution < -0.4 is 0 Å². The average Bonchev–Trinajstić information content (AvgIpc) is 2.80. The number of halogens is 1. The first-order valence-corrected chi connectivity index (χ1v) is 5.38. The molecule has 0 atom stereocenters. The van der Waals surface area contributed by atoms with Crippen LogP contribution in [0.5, 0.6) is 0 Å². The Bertz CT molecular complexity index is 686. The van der Waals surface area contributed by atoms with Gasteiger partial charge in [-0.15, -0.1) is 0 Å². The van der Waals surface area contributed by atoms with Crippen LogP contribution in [0.4, 0.5) is 10.1 Å². The van der Waals surface area contributed by atoms with Crippen LogP contribution in [0.3, 0.4) is 0 Å². The van der Waals surface area contributed by atoms with Gasteiger partial charge in [0.05, 0.1) is 19.4 Å². The molecule has 0 spiro atoms. The van der Waals surface area contributed by atoms with Gasteiger partial charge in [0, 0.05) is 11.9 Å². The molecule has 0 bridgehead atoms. The third-order valence-electron chi connectivity index (χ3n) is 2.52. The molecule has 0 fully saturated rings. The Morgan fingerprint density at radius 1 is 1.53 bits per heavy atom. The number of rotatable bonds is 2. The van der Waals surface area contributed by atoms with Crippen LogP contribution in [0.2, 0.25) is 0 Å². The SMILES string of the molecule is [C-]#[N+]c1cc(-n2cc(C)nc2C(=O)OC)ccc1F. The van der Waals surface area contributed by atoms with E-state index in [4.69, 9.17) is 6.57 Å². The van der Waals surface area contributed by atoms with E-state index in [-0.39, 0.29) is 11.5 Å². The van der Waals surface area contributed by atoms with E-state index in [1.165, 1.54) is 29.9 Å². The topological polar surface area (TPSA) is 48.5 Å². The number of imidazole rings is 1. The molecule has 2 rings (SSSR count). The van der Waals surface area contributed by atoms with Crippen molar-refractivity contribution in [1.82, 2.24) is 9.55 Å². The minimum atomic E-state index is -0.602. The number of ether oxygens (including phenoxy) is 1. The van der Waals surface area contributed by atoms with Gasteiger partial charge in [-0.1, -0.05) is 0 Å². The van der Waals surface area contributed by atoms with E-state index in [1.807, 2.05) is 0 Å². The van der Waals surface area contributed by atoms with Crippen molar-refractivity contribution in [1.29, 1.82) is 0 Å². The van der Waals surface area contributed by atoms with Crippen LogP contribution in [-0.4, -0.2) is 22.6 Å². The highest BCUT2D eigenvalue weighted by Crippen LogP contribution is 2.23. The lowest BCUT2D eigenvalue weighted by molar-refractivity contribution is 0.0584. The molecule has 1 heterocycles. The highest BCUT2D eigenvalue weighted by atomic mass is 19.1. The average molecular weight is 259 g/mol. The van der Waals surface area contributed by atoms with E-state index in [0.717, 1.165) is 0 Å². The van der Waals surface area contributed by atoms with Crippen molar-refractivity contribution in [3.63, 3.8) is 0 Å². The number of aromatic nitrogens is 2. The van der Waals surface area contributed by atoms with Gasteiger partial charge in [0.15, 0.2) is 0 Å². The summed E-state index contributed by atoms with van der Waals surface area (Å²) < 4.78 is 19.4. The molecule has 2 aromatic rings. The summed E-state index contributed by atoms with van der Waals surface area (Å²) in [4.78, 5) is 18.7. The third kappa shape index (κ3) is 2.31. The summed E-state index contributed by atoms with van der Waals surface area (Å²) in [5.41, 5.74) is 0.988. The number of hydrogen-bond acceptors (Lipinski definition) is 3. The molecule has 1 aromatic carbocycles. The van der Waals surface area contributed by atoms with Gasteiger partial charge >= 0.3 is 5.97 Å². The van der Waals surface area contributed by atoms with Crippen LogP contribution in [0, 0.1) is 19.3 Å². The zero-order chi connectivity index (χ0) is 14.0. The number of esters is 1. The van der Waals surface area contributed by atoms with Gasteiger partial charge in [-0.3, -0.25) is 4.57 Å². The van der Waals surface area contributed by atoms with Gasteiger partial charge in [-0.05, 0) is 25.1 Å². The summed E-state index contributed by atoms with van der Waals surface area (Å²) in [5, 5.41) is 0. The number of aryl methyl sites for hydroxylation is 1. The van der Waals surface area contributed by atoms with Gasteiger partial charge in [0.2, 0.25) is 11.5 Å². The van der Waals surface area contributed by atoms with Crippen LogP contribution in [0.15, 0.2) is 24.4 Å². The summed E-state index contributed by atoms with van der Waals surface area (Å²) in [5.74, 6) is -1.11. The molecule has 96 valence electrons. The minimum Gasteiger partial charge on any atom is -0.463 e. The summed E-state index contributed by atoms with van der Waals surface area (Å²) in [7, 11) is 1.26. The lowest BCUT2D eigenvalue weighted by atomic mass is 10.2. The second-order valence-electron chi connectivity index (χ2n) is 3.81. The minimum absolute atomic E-state index is 0.0857. The standard InChI is InChI=1S/C13H10FN3O2/c1-8-7-17(12(16-8)13(18)19-3)9-4-5-10(14)11(6-9)15-2/h4-7H,1,3H3. The van der Waals surface area contributed by atoms with Crippen molar-refractivity contribution in [2.75, 3.05) is 7.11 Å². The van der Waals surface area contributed by atoms with Gasteiger partial charge in [-0.25, -0.2) is 19.0 Å². The molecule has 0 unspecified atom stereocenters. The Kier molecular flexibility index (Phi) is 3.29. The fourth-order valence-electron chi connectivity index (χ4n) is 1.67. The molecular formula is C13H10FN3O2. The molecular weight excluding hydrogens is 249 g/mol. The number of carbonyl (C=O) groups is 1.